The Morgan fingerprint density at radius 1 is 1.05 bits per heavy atom. The van der Waals surface area contributed by atoms with Crippen LogP contribution in [-0.4, -0.2) is 12.5 Å². The molecule has 1 amide bonds. The maximum absolute atomic E-state index is 12.2. The molecule has 1 saturated carbocycles. The highest BCUT2D eigenvalue weighted by molar-refractivity contribution is 5.94. The van der Waals surface area contributed by atoms with Gasteiger partial charge in [0.05, 0.1) is 0 Å². The lowest BCUT2D eigenvalue weighted by Gasteiger charge is -2.42. The van der Waals surface area contributed by atoms with Crippen molar-refractivity contribution in [3.63, 3.8) is 0 Å². The van der Waals surface area contributed by atoms with Gasteiger partial charge >= 0.3 is 0 Å². The molecular formula is C18H21ClN2O. The van der Waals surface area contributed by atoms with E-state index < -0.39 is 0 Å². The Bertz CT molecular complexity index is 621. The third kappa shape index (κ3) is 3.25. The zero-order valence-corrected chi connectivity index (χ0v) is 13.2. The van der Waals surface area contributed by atoms with Gasteiger partial charge in [0.1, 0.15) is 0 Å². The first kappa shape index (κ1) is 16.4. The number of anilines is 1. The number of nitrogens with two attached hydrogens (primary N) is 1. The minimum atomic E-state index is -0.0304. The summed E-state index contributed by atoms with van der Waals surface area (Å²) < 4.78 is 0. The molecule has 0 spiro atoms. The molecule has 0 heterocycles. The summed E-state index contributed by atoms with van der Waals surface area (Å²) in [4.78, 5) is 12.2. The van der Waals surface area contributed by atoms with E-state index in [0.717, 1.165) is 12.8 Å². The average Bonchev–Trinajstić information content (AvgIpc) is 2.48. The lowest BCUT2D eigenvalue weighted by molar-refractivity contribution is 0.0928. The highest BCUT2D eigenvalue weighted by Crippen LogP contribution is 2.43. The van der Waals surface area contributed by atoms with Gasteiger partial charge in [-0.2, -0.15) is 0 Å². The van der Waals surface area contributed by atoms with Crippen molar-refractivity contribution in [2.24, 2.45) is 0 Å². The molecular weight excluding hydrogens is 296 g/mol. The smallest absolute Gasteiger partial charge is 0.251 e. The molecule has 1 fully saturated rings. The van der Waals surface area contributed by atoms with Gasteiger partial charge in [-0.15, -0.1) is 12.4 Å². The molecule has 0 bridgehead atoms. The van der Waals surface area contributed by atoms with Crippen molar-refractivity contribution in [1.29, 1.82) is 0 Å². The number of halogens is 1. The van der Waals surface area contributed by atoms with Crippen LogP contribution in [0.15, 0.2) is 54.6 Å². The van der Waals surface area contributed by atoms with Gasteiger partial charge in [0.25, 0.3) is 5.91 Å². The number of carbonyl (C=O) groups excluding carboxylic acids is 1. The standard InChI is InChI=1S/C18H20N2O.ClH/c19-16-9-7-14(8-10-16)17(21)20-13-18(11-4-12-18)15-5-2-1-3-6-15;/h1-3,5-10H,4,11-13,19H2,(H,20,21);1H. The fourth-order valence-corrected chi connectivity index (χ4v) is 2.95. The minimum Gasteiger partial charge on any atom is -0.399 e. The topological polar surface area (TPSA) is 55.1 Å². The van der Waals surface area contributed by atoms with Gasteiger partial charge in [0, 0.05) is 23.2 Å². The van der Waals surface area contributed by atoms with Crippen LogP contribution in [-0.2, 0) is 5.41 Å². The molecule has 0 unspecified atom stereocenters. The van der Waals surface area contributed by atoms with Crippen LogP contribution in [0.25, 0.3) is 0 Å². The predicted molar refractivity (Wildman–Crippen MR) is 92.4 cm³/mol. The van der Waals surface area contributed by atoms with Gasteiger partial charge in [0.2, 0.25) is 0 Å². The average molecular weight is 317 g/mol. The number of amides is 1. The van der Waals surface area contributed by atoms with E-state index in [2.05, 4.69) is 29.6 Å². The minimum absolute atomic E-state index is 0. The number of hydrogen-bond donors (Lipinski definition) is 2. The number of hydrogen-bond acceptors (Lipinski definition) is 2. The second kappa shape index (κ2) is 6.84. The number of benzene rings is 2. The maximum atomic E-state index is 12.2. The third-order valence-corrected chi connectivity index (χ3v) is 4.46. The van der Waals surface area contributed by atoms with Crippen LogP contribution in [0.3, 0.4) is 0 Å². The van der Waals surface area contributed by atoms with Crippen molar-refractivity contribution in [2.75, 3.05) is 12.3 Å². The zero-order chi connectivity index (χ0) is 14.7. The molecule has 116 valence electrons. The van der Waals surface area contributed by atoms with E-state index in [-0.39, 0.29) is 23.7 Å². The monoisotopic (exact) mass is 316 g/mol. The molecule has 0 aliphatic heterocycles. The molecule has 2 aromatic carbocycles. The van der Waals surface area contributed by atoms with E-state index >= 15 is 0 Å². The van der Waals surface area contributed by atoms with Gasteiger partial charge in [-0.1, -0.05) is 36.8 Å². The molecule has 4 heteroatoms. The summed E-state index contributed by atoms with van der Waals surface area (Å²) in [5.74, 6) is -0.0304. The molecule has 2 aromatic rings. The van der Waals surface area contributed by atoms with Gasteiger partial charge < -0.3 is 11.1 Å². The lowest BCUT2D eigenvalue weighted by atomic mass is 9.64. The normalized spacial score (nSPS) is 15.3. The van der Waals surface area contributed by atoms with Crippen molar-refractivity contribution in [3.8, 4) is 0 Å². The number of nitrogens with one attached hydrogen (secondary N) is 1. The molecule has 1 aliphatic rings. The van der Waals surface area contributed by atoms with Crippen molar-refractivity contribution in [3.05, 3.63) is 65.7 Å². The van der Waals surface area contributed by atoms with Crippen molar-refractivity contribution < 1.29 is 4.79 Å². The Morgan fingerprint density at radius 2 is 1.68 bits per heavy atom. The molecule has 0 saturated heterocycles. The maximum Gasteiger partial charge on any atom is 0.251 e. The van der Waals surface area contributed by atoms with Crippen LogP contribution < -0.4 is 11.1 Å². The molecule has 1 aliphatic carbocycles. The Balaban J connectivity index is 0.00000176. The second-order valence-electron chi connectivity index (χ2n) is 5.80. The summed E-state index contributed by atoms with van der Waals surface area (Å²) in [5.41, 5.74) is 8.42. The summed E-state index contributed by atoms with van der Waals surface area (Å²) in [6.07, 6.45) is 3.50. The first-order valence-corrected chi connectivity index (χ1v) is 7.39. The number of rotatable bonds is 4. The van der Waals surface area contributed by atoms with Crippen LogP contribution in [0.2, 0.25) is 0 Å². The summed E-state index contributed by atoms with van der Waals surface area (Å²) in [7, 11) is 0. The summed E-state index contributed by atoms with van der Waals surface area (Å²) in [6.45, 7) is 0.695. The largest absolute Gasteiger partial charge is 0.399 e. The first-order valence-electron chi connectivity index (χ1n) is 7.39. The van der Waals surface area contributed by atoms with Crippen LogP contribution in [0.4, 0.5) is 5.69 Å². The van der Waals surface area contributed by atoms with E-state index in [0.29, 0.717) is 17.8 Å². The highest BCUT2D eigenvalue weighted by atomic mass is 35.5. The molecule has 0 atom stereocenters. The van der Waals surface area contributed by atoms with Gasteiger partial charge in [0.15, 0.2) is 0 Å². The molecule has 3 N–H and O–H groups in total. The molecule has 22 heavy (non-hydrogen) atoms. The SMILES string of the molecule is Cl.Nc1ccc(C(=O)NCC2(c3ccccc3)CCC2)cc1. The first-order chi connectivity index (χ1) is 10.2. The van der Waals surface area contributed by atoms with E-state index in [9.17, 15) is 4.79 Å². The van der Waals surface area contributed by atoms with Crippen molar-refractivity contribution >= 4 is 24.0 Å². The highest BCUT2D eigenvalue weighted by Gasteiger charge is 2.38. The Kier molecular flexibility index (Phi) is 5.09. The van der Waals surface area contributed by atoms with Crippen molar-refractivity contribution in [2.45, 2.75) is 24.7 Å². The van der Waals surface area contributed by atoms with Gasteiger partial charge in [-0.25, -0.2) is 0 Å². The lowest BCUT2D eigenvalue weighted by Crippen LogP contribution is -2.45. The van der Waals surface area contributed by atoms with E-state index in [1.807, 2.05) is 6.07 Å². The molecule has 3 rings (SSSR count). The Labute approximate surface area is 137 Å². The van der Waals surface area contributed by atoms with Gasteiger partial charge in [-0.05, 0) is 42.7 Å². The van der Waals surface area contributed by atoms with E-state index in [1.54, 1.807) is 24.3 Å². The Morgan fingerprint density at radius 3 is 2.23 bits per heavy atom. The van der Waals surface area contributed by atoms with Crippen LogP contribution in [0.5, 0.6) is 0 Å². The van der Waals surface area contributed by atoms with Crippen LogP contribution in [0.1, 0.15) is 35.2 Å². The predicted octanol–water partition coefficient (Wildman–Crippen LogP) is 3.54. The summed E-state index contributed by atoms with van der Waals surface area (Å²) in [6, 6.07) is 17.5. The Hall–Kier alpha value is -2.00. The van der Waals surface area contributed by atoms with Crippen LogP contribution >= 0.6 is 12.4 Å². The molecule has 0 aromatic heterocycles. The van der Waals surface area contributed by atoms with E-state index in [1.165, 1.54) is 12.0 Å². The molecule has 0 radical (unpaired) electrons. The second-order valence-corrected chi connectivity index (χ2v) is 5.80. The quantitative estimate of drug-likeness (QED) is 0.848. The van der Waals surface area contributed by atoms with E-state index in [4.69, 9.17) is 5.73 Å². The molecule has 3 nitrogen and oxygen atoms in total. The zero-order valence-electron chi connectivity index (χ0n) is 12.4. The summed E-state index contributed by atoms with van der Waals surface area (Å²) >= 11 is 0. The summed E-state index contributed by atoms with van der Waals surface area (Å²) in [5, 5.41) is 3.08. The third-order valence-electron chi connectivity index (χ3n) is 4.46. The van der Waals surface area contributed by atoms with Crippen LogP contribution in [0, 0.1) is 0 Å². The number of nitrogen functional groups attached to an aromatic ring is 1. The fraction of sp³-hybridized carbons (Fsp3) is 0.278. The van der Waals surface area contributed by atoms with Crippen molar-refractivity contribution in [1.82, 2.24) is 5.32 Å². The number of carbonyl (C=O) groups is 1. The van der Waals surface area contributed by atoms with Gasteiger partial charge in [-0.3, -0.25) is 4.79 Å². The fourth-order valence-electron chi connectivity index (χ4n) is 2.95.